The van der Waals surface area contributed by atoms with Gasteiger partial charge in [-0.3, -0.25) is 4.79 Å². The van der Waals surface area contributed by atoms with Gasteiger partial charge >= 0.3 is 0 Å². The predicted molar refractivity (Wildman–Crippen MR) is 81.2 cm³/mol. The van der Waals surface area contributed by atoms with E-state index in [1.54, 1.807) is 12.1 Å². The number of nitrogens with one attached hydrogen (secondary N) is 1. The Morgan fingerprint density at radius 1 is 1.06 bits per heavy atom. The van der Waals surface area contributed by atoms with Crippen molar-refractivity contribution < 1.29 is 4.79 Å². The van der Waals surface area contributed by atoms with Crippen molar-refractivity contribution in [3.05, 3.63) is 64.1 Å². The molecule has 1 amide bonds. The zero-order valence-electron chi connectivity index (χ0n) is 9.49. The largest absolute Gasteiger partial charge is 0.322 e. The lowest BCUT2D eigenvalue weighted by atomic mass is 10.1. The van der Waals surface area contributed by atoms with Crippen LogP contribution in [0.2, 0.25) is 0 Å². The number of hydrogen-bond acceptors (Lipinski definition) is 1. The Kier molecular flexibility index (Phi) is 4.55. The van der Waals surface area contributed by atoms with Gasteiger partial charge in [-0.25, -0.2) is 0 Å². The first kappa shape index (κ1) is 13.3. The van der Waals surface area contributed by atoms with E-state index in [0.29, 0.717) is 10.9 Å². The number of para-hydroxylation sites is 1. The summed E-state index contributed by atoms with van der Waals surface area (Å²) in [4.78, 5) is 12.1. The lowest BCUT2D eigenvalue weighted by Crippen LogP contribution is -2.12. The van der Waals surface area contributed by atoms with Gasteiger partial charge in [0.2, 0.25) is 0 Å². The van der Waals surface area contributed by atoms with Crippen molar-refractivity contribution in [3.8, 4) is 0 Å². The molecule has 0 radical (unpaired) electrons. The van der Waals surface area contributed by atoms with E-state index in [4.69, 9.17) is 0 Å². The number of amides is 1. The number of rotatable bonds is 3. The zero-order valence-corrected chi connectivity index (χ0v) is 12.7. The fourth-order valence-electron chi connectivity index (χ4n) is 1.55. The molecule has 2 rings (SSSR count). The molecule has 4 heteroatoms. The molecule has 0 heterocycles. The average Bonchev–Trinajstić information content (AvgIpc) is 2.40. The van der Waals surface area contributed by atoms with Crippen LogP contribution in [0.15, 0.2) is 53.0 Å². The number of hydrogen-bond donors (Lipinski definition) is 1. The van der Waals surface area contributed by atoms with Gasteiger partial charge in [-0.05, 0) is 35.9 Å². The van der Waals surface area contributed by atoms with Gasteiger partial charge in [-0.1, -0.05) is 50.1 Å². The summed E-state index contributed by atoms with van der Waals surface area (Å²) in [6.07, 6.45) is 0. The standard InChI is InChI=1S/C14H11Br2NO/c15-9-11-3-1-2-4-13(11)17-14(18)10-5-7-12(16)8-6-10/h1-8H,9H2,(H,17,18). The first-order valence-electron chi connectivity index (χ1n) is 5.41. The predicted octanol–water partition coefficient (Wildman–Crippen LogP) is 4.60. The number of carbonyl (C=O) groups is 1. The van der Waals surface area contributed by atoms with E-state index in [1.165, 1.54) is 0 Å². The lowest BCUT2D eigenvalue weighted by molar-refractivity contribution is 0.102. The van der Waals surface area contributed by atoms with Crippen molar-refractivity contribution in [1.82, 2.24) is 0 Å². The van der Waals surface area contributed by atoms with Gasteiger partial charge in [0.25, 0.3) is 5.91 Å². The van der Waals surface area contributed by atoms with Crippen molar-refractivity contribution in [3.63, 3.8) is 0 Å². The molecule has 0 aromatic heterocycles. The van der Waals surface area contributed by atoms with Crippen LogP contribution >= 0.6 is 31.9 Å². The minimum Gasteiger partial charge on any atom is -0.322 e. The highest BCUT2D eigenvalue weighted by atomic mass is 79.9. The van der Waals surface area contributed by atoms with Crippen molar-refractivity contribution in [2.75, 3.05) is 5.32 Å². The molecule has 0 fully saturated rings. The van der Waals surface area contributed by atoms with E-state index < -0.39 is 0 Å². The molecule has 0 unspecified atom stereocenters. The van der Waals surface area contributed by atoms with Crippen molar-refractivity contribution in [2.45, 2.75) is 5.33 Å². The van der Waals surface area contributed by atoms with Crippen LogP contribution in [0.25, 0.3) is 0 Å². The topological polar surface area (TPSA) is 29.1 Å². The van der Waals surface area contributed by atoms with E-state index in [0.717, 1.165) is 15.7 Å². The first-order chi connectivity index (χ1) is 8.70. The van der Waals surface area contributed by atoms with E-state index in [-0.39, 0.29) is 5.91 Å². The molecule has 92 valence electrons. The molecule has 0 aliphatic carbocycles. The summed E-state index contributed by atoms with van der Waals surface area (Å²) in [5.74, 6) is -0.101. The van der Waals surface area contributed by atoms with Gasteiger partial charge in [0, 0.05) is 21.1 Å². The lowest BCUT2D eigenvalue weighted by Gasteiger charge is -2.09. The van der Waals surface area contributed by atoms with Gasteiger partial charge in [-0.15, -0.1) is 0 Å². The Bertz CT molecular complexity index is 552. The molecule has 0 saturated carbocycles. The van der Waals surface area contributed by atoms with Crippen LogP contribution in [0.3, 0.4) is 0 Å². The van der Waals surface area contributed by atoms with Crippen LogP contribution in [0.5, 0.6) is 0 Å². The summed E-state index contributed by atoms with van der Waals surface area (Å²) < 4.78 is 0.958. The highest BCUT2D eigenvalue weighted by Gasteiger charge is 2.07. The summed E-state index contributed by atoms with van der Waals surface area (Å²) in [6, 6.07) is 15.0. The second-order valence-electron chi connectivity index (χ2n) is 3.75. The molecule has 0 spiro atoms. The maximum Gasteiger partial charge on any atom is 0.255 e. The van der Waals surface area contributed by atoms with Crippen molar-refractivity contribution >= 4 is 43.5 Å². The summed E-state index contributed by atoms with van der Waals surface area (Å²) in [5, 5.41) is 3.63. The fraction of sp³-hybridized carbons (Fsp3) is 0.0714. The minimum absolute atomic E-state index is 0.101. The Morgan fingerprint density at radius 3 is 2.39 bits per heavy atom. The first-order valence-corrected chi connectivity index (χ1v) is 7.33. The summed E-state index contributed by atoms with van der Waals surface area (Å²) in [7, 11) is 0. The number of halogens is 2. The van der Waals surface area contributed by atoms with Crippen LogP contribution in [0.1, 0.15) is 15.9 Å². The average molecular weight is 369 g/mol. The van der Waals surface area contributed by atoms with Gasteiger partial charge in [0.1, 0.15) is 0 Å². The third kappa shape index (κ3) is 3.21. The Balaban J connectivity index is 2.18. The van der Waals surface area contributed by atoms with E-state index in [9.17, 15) is 4.79 Å². The monoisotopic (exact) mass is 367 g/mol. The van der Waals surface area contributed by atoms with Crippen LogP contribution in [0.4, 0.5) is 5.69 Å². The molecular weight excluding hydrogens is 358 g/mol. The maximum atomic E-state index is 12.1. The minimum atomic E-state index is -0.101. The molecule has 2 aromatic rings. The van der Waals surface area contributed by atoms with E-state index >= 15 is 0 Å². The number of alkyl halides is 1. The van der Waals surface area contributed by atoms with Gasteiger partial charge in [0.15, 0.2) is 0 Å². The highest BCUT2D eigenvalue weighted by Crippen LogP contribution is 2.19. The third-order valence-corrected chi connectivity index (χ3v) is 3.65. The quantitative estimate of drug-likeness (QED) is 0.788. The smallest absolute Gasteiger partial charge is 0.255 e. The normalized spacial score (nSPS) is 10.1. The number of benzene rings is 2. The van der Waals surface area contributed by atoms with Crippen LogP contribution in [-0.2, 0) is 5.33 Å². The van der Waals surface area contributed by atoms with E-state index in [1.807, 2.05) is 36.4 Å². The fourth-order valence-corrected chi connectivity index (χ4v) is 2.31. The zero-order chi connectivity index (χ0) is 13.0. The maximum absolute atomic E-state index is 12.1. The van der Waals surface area contributed by atoms with Crippen molar-refractivity contribution in [2.24, 2.45) is 0 Å². The number of anilines is 1. The molecule has 18 heavy (non-hydrogen) atoms. The third-order valence-electron chi connectivity index (χ3n) is 2.52. The SMILES string of the molecule is O=C(Nc1ccccc1CBr)c1ccc(Br)cc1. The second-order valence-corrected chi connectivity index (χ2v) is 5.23. The molecule has 1 N–H and O–H groups in total. The van der Waals surface area contributed by atoms with Gasteiger partial charge in [0.05, 0.1) is 0 Å². The van der Waals surface area contributed by atoms with Crippen LogP contribution in [-0.4, -0.2) is 5.91 Å². The van der Waals surface area contributed by atoms with E-state index in [2.05, 4.69) is 37.2 Å². The van der Waals surface area contributed by atoms with Crippen LogP contribution in [0, 0.1) is 0 Å². The summed E-state index contributed by atoms with van der Waals surface area (Å²) in [5.41, 5.74) is 2.54. The molecule has 0 aliphatic heterocycles. The molecule has 0 bridgehead atoms. The summed E-state index contributed by atoms with van der Waals surface area (Å²) in [6.45, 7) is 0. The Labute approximate surface area is 123 Å². The Hall–Kier alpha value is -1.13. The molecular formula is C14H11Br2NO. The van der Waals surface area contributed by atoms with Gasteiger partial charge in [-0.2, -0.15) is 0 Å². The summed E-state index contributed by atoms with van der Waals surface area (Å²) >= 11 is 6.75. The molecule has 0 atom stereocenters. The molecule has 0 aliphatic rings. The Morgan fingerprint density at radius 2 is 1.72 bits per heavy atom. The van der Waals surface area contributed by atoms with Crippen LogP contribution < -0.4 is 5.32 Å². The number of carbonyl (C=O) groups excluding carboxylic acids is 1. The van der Waals surface area contributed by atoms with Crippen molar-refractivity contribution in [1.29, 1.82) is 0 Å². The highest BCUT2D eigenvalue weighted by molar-refractivity contribution is 9.10. The molecule has 2 nitrogen and oxygen atoms in total. The van der Waals surface area contributed by atoms with Gasteiger partial charge < -0.3 is 5.32 Å². The molecule has 0 saturated heterocycles. The second kappa shape index (κ2) is 6.16. The molecule has 2 aromatic carbocycles.